The van der Waals surface area contributed by atoms with E-state index in [0.717, 1.165) is 5.56 Å². The standard InChI is InChI=1S/C19H22N2O7/c1-27-14-7-8-15(16(11-14)21(25)26)18(23)17(22)9-10-20-19(24)28-12-13-5-3-2-4-6-13/h2-8,11,17-18,22-23H,9-10,12H2,1H3,(H,20,24). The van der Waals surface area contributed by atoms with Crippen LogP contribution in [-0.2, 0) is 11.3 Å². The Morgan fingerprint density at radius 3 is 2.57 bits per heavy atom. The quantitative estimate of drug-likeness (QED) is 0.442. The molecule has 2 rings (SSSR count). The fourth-order valence-corrected chi connectivity index (χ4v) is 2.52. The molecule has 150 valence electrons. The minimum Gasteiger partial charge on any atom is -0.497 e. The summed E-state index contributed by atoms with van der Waals surface area (Å²) in [7, 11) is 1.37. The third-order valence-corrected chi connectivity index (χ3v) is 4.04. The minimum atomic E-state index is -1.49. The molecule has 9 heteroatoms. The van der Waals surface area contributed by atoms with E-state index < -0.39 is 23.2 Å². The summed E-state index contributed by atoms with van der Waals surface area (Å²) in [4.78, 5) is 22.2. The zero-order valence-corrected chi connectivity index (χ0v) is 15.3. The van der Waals surface area contributed by atoms with Crippen LogP contribution in [0.25, 0.3) is 0 Å². The Hall–Kier alpha value is -3.17. The van der Waals surface area contributed by atoms with Gasteiger partial charge in [-0.2, -0.15) is 0 Å². The molecule has 0 fully saturated rings. The Labute approximate surface area is 161 Å². The van der Waals surface area contributed by atoms with E-state index in [4.69, 9.17) is 9.47 Å². The Morgan fingerprint density at radius 2 is 1.93 bits per heavy atom. The average Bonchev–Trinajstić information content (AvgIpc) is 2.71. The molecule has 0 heterocycles. The highest BCUT2D eigenvalue weighted by Crippen LogP contribution is 2.31. The first-order valence-electron chi connectivity index (χ1n) is 8.55. The van der Waals surface area contributed by atoms with Crippen molar-refractivity contribution in [3.63, 3.8) is 0 Å². The van der Waals surface area contributed by atoms with Gasteiger partial charge in [-0.25, -0.2) is 4.79 Å². The molecule has 2 aromatic carbocycles. The van der Waals surface area contributed by atoms with Crippen LogP contribution < -0.4 is 10.1 Å². The molecule has 0 saturated carbocycles. The third-order valence-electron chi connectivity index (χ3n) is 4.04. The highest BCUT2D eigenvalue weighted by molar-refractivity contribution is 5.67. The van der Waals surface area contributed by atoms with Crippen LogP contribution in [0.4, 0.5) is 10.5 Å². The van der Waals surface area contributed by atoms with E-state index in [9.17, 15) is 25.1 Å². The topological polar surface area (TPSA) is 131 Å². The number of nitro groups is 1. The summed E-state index contributed by atoms with van der Waals surface area (Å²) in [5.41, 5.74) is 0.436. The summed E-state index contributed by atoms with van der Waals surface area (Å²) in [6.45, 7) is 0.131. The molecule has 0 aliphatic rings. The van der Waals surface area contributed by atoms with Crippen molar-refractivity contribution >= 4 is 11.8 Å². The third kappa shape index (κ3) is 5.93. The van der Waals surface area contributed by atoms with Crippen molar-refractivity contribution in [2.45, 2.75) is 25.2 Å². The first-order chi connectivity index (χ1) is 13.4. The molecule has 0 aliphatic carbocycles. The number of nitrogens with one attached hydrogen (secondary N) is 1. The molecule has 3 N–H and O–H groups in total. The number of aliphatic hydroxyl groups excluding tert-OH is 2. The van der Waals surface area contributed by atoms with Gasteiger partial charge in [0.25, 0.3) is 5.69 Å². The summed E-state index contributed by atoms with van der Waals surface area (Å²) in [5, 5.41) is 34.0. The van der Waals surface area contributed by atoms with Gasteiger partial charge in [-0.15, -0.1) is 0 Å². The van der Waals surface area contributed by atoms with Gasteiger partial charge < -0.3 is 25.0 Å². The number of amides is 1. The first kappa shape index (κ1) is 21.1. The maximum atomic E-state index is 11.7. The van der Waals surface area contributed by atoms with Crippen molar-refractivity contribution in [2.24, 2.45) is 0 Å². The molecule has 0 radical (unpaired) electrons. The summed E-state index contributed by atoms with van der Waals surface area (Å²) in [6.07, 6.45) is -3.50. The van der Waals surface area contributed by atoms with Gasteiger partial charge in [0.15, 0.2) is 0 Å². The number of hydrogen-bond donors (Lipinski definition) is 3. The van der Waals surface area contributed by atoms with Crippen LogP contribution in [0, 0.1) is 10.1 Å². The summed E-state index contributed by atoms with van der Waals surface area (Å²) in [5.74, 6) is 0.264. The normalized spacial score (nSPS) is 12.7. The van der Waals surface area contributed by atoms with Crippen LogP contribution in [-0.4, -0.2) is 41.0 Å². The molecule has 2 atom stereocenters. The van der Waals surface area contributed by atoms with Gasteiger partial charge in [-0.05, 0) is 24.1 Å². The van der Waals surface area contributed by atoms with Crippen molar-refractivity contribution in [1.82, 2.24) is 5.32 Å². The number of hydrogen-bond acceptors (Lipinski definition) is 7. The predicted molar refractivity (Wildman–Crippen MR) is 99.9 cm³/mol. The number of methoxy groups -OCH3 is 1. The minimum absolute atomic E-state index is 0.0230. The summed E-state index contributed by atoms with van der Waals surface area (Å²) < 4.78 is 9.97. The lowest BCUT2D eigenvalue weighted by Crippen LogP contribution is -2.30. The molecule has 0 bridgehead atoms. The number of rotatable bonds is 9. The van der Waals surface area contributed by atoms with Crippen molar-refractivity contribution in [1.29, 1.82) is 0 Å². The van der Waals surface area contributed by atoms with Crippen molar-refractivity contribution in [3.8, 4) is 5.75 Å². The van der Waals surface area contributed by atoms with Gasteiger partial charge in [0.05, 0.1) is 29.8 Å². The van der Waals surface area contributed by atoms with Crippen molar-refractivity contribution in [3.05, 3.63) is 69.8 Å². The van der Waals surface area contributed by atoms with E-state index in [1.165, 1.54) is 25.3 Å². The highest BCUT2D eigenvalue weighted by atomic mass is 16.6. The average molecular weight is 390 g/mol. The molecule has 0 saturated heterocycles. The predicted octanol–water partition coefficient (Wildman–Crippen LogP) is 2.31. The largest absolute Gasteiger partial charge is 0.497 e. The number of benzene rings is 2. The Bertz CT molecular complexity index is 798. The molecule has 2 unspecified atom stereocenters. The van der Waals surface area contributed by atoms with Gasteiger partial charge in [0, 0.05) is 6.54 Å². The van der Waals surface area contributed by atoms with Gasteiger partial charge >= 0.3 is 6.09 Å². The Morgan fingerprint density at radius 1 is 1.21 bits per heavy atom. The van der Waals surface area contributed by atoms with Crippen LogP contribution in [0.15, 0.2) is 48.5 Å². The van der Waals surface area contributed by atoms with E-state index in [1.807, 2.05) is 30.3 Å². The molecule has 9 nitrogen and oxygen atoms in total. The fraction of sp³-hybridized carbons (Fsp3) is 0.316. The molecule has 0 aliphatic heterocycles. The Balaban J connectivity index is 1.84. The number of carbonyl (C=O) groups excluding carboxylic acids is 1. The van der Waals surface area contributed by atoms with E-state index in [1.54, 1.807) is 0 Å². The molecule has 0 aromatic heterocycles. The molecular weight excluding hydrogens is 368 g/mol. The number of aliphatic hydroxyl groups is 2. The molecule has 1 amide bonds. The fourth-order valence-electron chi connectivity index (χ4n) is 2.52. The van der Waals surface area contributed by atoms with Crippen LogP contribution in [0.2, 0.25) is 0 Å². The van der Waals surface area contributed by atoms with E-state index in [2.05, 4.69) is 5.32 Å². The van der Waals surface area contributed by atoms with Gasteiger partial charge in [0.2, 0.25) is 0 Å². The van der Waals surface area contributed by atoms with Crippen molar-refractivity contribution in [2.75, 3.05) is 13.7 Å². The van der Waals surface area contributed by atoms with Crippen molar-refractivity contribution < 1.29 is 29.4 Å². The van der Waals surface area contributed by atoms with Gasteiger partial charge in [-0.1, -0.05) is 30.3 Å². The van der Waals surface area contributed by atoms with E-state index in [0.29, 0.717) is 0 Å². The second kappa shape index (κ2) is 10.2. The maximum absolute atomic E-state index is 11.7. The number of nitrogens with zero attached hydrogens (tertiary/aromatic N) is 1. The molecule has 2 aromatic rings. The Kier molecular flexibility index (Phi) is 7.73. The highest BCUT2D eigenvalue weighted by Gasteiger charge is 2.26. The molecule has 0 spiro atoms. The molecular formula is C19H22N2O7. The van der Waals surface area contributed by atoms with Crippen LogP contribution in [0.5, 0.6) is 5.75 Å². The van der Waals surface area contributed by atoms with E-state index >= 15 is 0 Å². The zero-order valence-electron chi connectivity index (χ0n) is 15.3. The number of nitro benzene ring substituents is 1. The second-order valence-electron chi connectivity index (χ2n) is 5.97. The van der Waals surface area contributed by atoms with E-state index in [-0.39, 0.29) is 36.6 Å². The summed E-state index contributed by atoms with van der Waals surface area (Å²) >= 11 is 0. The van der Waals surface area contributed by atoms with Crippen LogP contribution in [0.1, 0.15) is 23.7 Å². The lowest BCUT2D eigenvalue weighted by Gasteiger charge is -2.18. The lowest BCUT2D eigenvalue weighted by molar-refractivity contribution is -0.386. The monoisotopic (exact) mass is 390 g/mol. The number of ether oxygens (including phenoxy) is 2. The summed E-state index contributed by atoms with van der Waals surface area (Å²) in [6, 6.07) is 13.1. The first-order valence-corrected chi connectivity index (χ1v) is 8.55. The maximum Gasteiger partial charge on any atom is 0.407 e. The second-order valence-corrected chi connectivity index (χ2v) is 5.97. The lowest BCUT2D eigenvalue weighted by atomic mass is 10.00. The number of alkyl carbamates (subject to hydrolysis) is 1. The van der Waals surface area contributed by atoms with Gasteiger partial charge in [0.1, 0.15) is 18.5 Å². The van der Waals surface area contributed by atoms with Crippen LogP contribution in [0.3, 0.4) is 0 Å². The SMILES string of the molecule is COc1ccc(C(O)C(O)CCNC(=O)OCc2ccccc2)c([N+](=O)[O-])c1. The van der Waals surface area contributed by atoms with Crippen LogP contribution >= 0.6 is 0 Å². The number of carbonyl (C=O) groups is 1. The zero-order chi connectivity index (χ0) is 20.5. The van der Waals surface area contributed by atoms with Gasteiger partial charge in [-0.3, -0.25) is 10.1 Å². The smallest absolute Gasteiger partial charge is 0.407 e. The molecule has 28 heavy (non-hydrogen) atoms.